The lowest BCUT2D eigenvalue weighted by atomic mass is 9.67. The first kappa shape index (κ1) is 18.5. The van der Waals surface area contributed by atoms with Gasteiger partial charge in [-0.15, -0.1) is 0 Å². The van der Waals surface area contributed by atoms with Gasteiger partial charge in [0.15, 0.2) is 0 Å². The summed E-state index contributed by atoms with van der Waals surface area (Å²) in [6.45, 7) is 0.956. The smallest absolute Gasteiger partial charge is 0.291 e. The highest BCUT2D eigenvalue weighted by atomic mass is 35.5. The van der Waals surface area contributed by atoms with Crippen LogP contribution in [0.4, 0.5) is 5.69 Å². The average molecular weight is 403 g/mol. The van der Waals surface area contributed by atoms with Gasteiger partial charge in [0.1, 0.15) is 5.02 Å². The fourth-order valence-corrected chi connectivity index (χ4v) is 3.58. The van der Waals surface area contributed by atoms with Crippen molar-refractivity contribution in [2.45, 2.75) is 25.7 Å². The molecule has 0 bridgehead atoms. The minimum Gasteiger partial charge on any atom is -0.396 e. The van der Waals surface area contributed by atoms with E-state index in [4.69, 9.17) is 34.8 Å². The van der Waals surface area contributed by atoms with Crippen molar-refractivity contribution < 1.29 is 5.11 Å². The summed E-state index contributed by atoms with van der Waals surface area (Å²) in [5.74, 6) is 0. The van der Waals surface area contributed by atoms with Crippen LogP contribution in [-0.4, -0.2) is 28.0 Å². The van der Waals surface area contributed by atoms with Crippen LogP contribution in [0.2, 0.25) is 15.1 Å². The molecule has 1 aromatic carbocycles. The summed E-state index contributed by atoms with van der Waals surface area (Å²) in [7, 11) is 0. The van der Waals surface area contributed by atoms with Crippen LogP contribution >= 0.6 is 34.8 Å². The number of rotatable bonds is 6. The first-order chi connectivity index (χ1) is 12.0. The summed E-state index contributed by atoms with van der Waals surface area (Å²) >= 11 is 18.0. The number of hydrogen-bond acceptors (Lipinski definition) is 4. The number of aliphatic hydroxyl groups excluding tert-OH is 1. The summed E-state index contributed by atoms with van der Waals surface area (Å²) in [5, 5.41) is 17.1. The van der Waals surface area contributed by atoms with Gasteiger partial charge in [0.2, 0.25) is 0 Å². The number of nitrogens with zero attached hydrogens (tertiary/aromatic N) is 2. The van der Waals surface area contributed by atoms with Crippen LogP contribution in [0.1, 0.15) is 25.7 Å². The highest BCUT2D eigenvalue weighted by molar-refractivity contribution is 6.41. The van der Waals surface area contributed by atoms with Gasteiger partial charge in [0.25, 0.3) is 5.56 Å². The Morgan fingerprint density at radius 3 is 2.60 bits per heavy atom. The van der Waals surface area contributed by atoms with Crippen molar-refractivity contribution >= 4 is 40.5 Å². The molecular formula is C17H18Cl3N3O2. The van der Waals surface area contributed by atoms with Crippen LogP contribution < -0.4 is 10.9 Å². The third-order valence-corrected chi connectivity index (χ3v) is 5.85. The van der Waals surface area contributed by atoms with Crippen LogP contribution in [0, 0.1) is 5.41 Å². The van der Waals surface area contributed by atoms with E-state index in [1.807, 2.05) is 0 Å². The maximum Gasteiger partial charge on any atom is 0.291 e. The van der Waals surface area contributed by atoms with Crippen LogP contribution in [0.3, 0.4) is 0 Å². The SMILES string of the molecule is O=c1c(Cl)c(Cl)cnn1-c1ccc(NCC2(CCO)CCC2)c(Cl)c1. The molecule has 1 aliphatic rings. The van der Waals surface area contributed by atoms with Gasteiger partial charge >= 0.3 is 0 Å². The Morgan fingerprint density at radius 1 is 1.24 bits per heavy atom. The van der Waals surface area contributed by atoms with Gasteiger partial charge in [0.05, 0.1) is 27.6 Å². The van der Waals surface area contributed by atoms with Crippen molar-refractivity contribution in [3.63, 3.8) is 0 Å². The fourth-order valence-electron chi connectivity index (χ4n) is 3.09. The van der Waals surface area contributed by atoms with Gasteiger partial charge < -0.3 is 10.4 Å². The van der Waals surface area contributed by atoms with E-state index in [9.17, 15) is 9.90 Å². The molecule has 2 aromatic rings. The Kier molecular flexibility index (Phi) is 5.58. The lowest BCUT2D eigenvalue weighted by molar-refractivity contribution is 0.102. The molecule has 0 saturated heterocycles. The predicted octanol–water partition coefficient (Wildman–Crippen LogP) is 4.16. The van der Waals surface area contributed by atoms with E-state index in [1.54, 1.807) is 18.2 Å². The van der Waals surface area contributed by atoms with Gasteiger partial charge in [-0.05, 0) is 42.9 Å². The Balaban J connectivity index is 1.80. The van der Waals surface area contributed by atoms with Gasteiger partial charge in [-0.2, -0.15) is 9.78 Å². The minimum absolute atomic E-state index is 0.0779. The zero-order valence-corrected chi connectivity index (χ0v) is 15.7. The summed E-state index contributed by atoms with van der Waals surface area (Å²) < 4.78 is 1.16. The zero-order chi connectivity index (χ0) is 18.0. The highest BCUT2D eigenvalue weighted by Gasteiger charge is 2.36. The monoisotopic (exact) mass is 401 g/mol. The third-order valence-electron chi connectivity index (χ3n) is 4.78. The van der Waals surface area contributed by atoms with Gasteiger partial charge in [-0.1, -0.05) is 41.2 Å². The molecule has 1 fully saturated rings. The number of halogens is 3. The molecule has 0 atom stereocenters. The van der Waals surface area contributed by atoms with Gasteiger partial charge in [-0.25, -0.2) is 0 Å². The normalized spacial score (nSPS) is 15.7. The molecule has 0 aliphatic heterocycles. The van der Waals surface area contributed by atoms with E-state index in [-0.39, 0.29) is 22.1 Å². The molecule has 1 saturated carbocycles. The Hall–Kier alpha value is -1.27. The molecule has 5 nitrogen and oxygen atoms in total. The average Bonchev–Trinajstić information content (AvgIpc) is 2.56. The van der Waals surface area contributed by atoms with Crippen molar-refractivity contribution in [2.75, 3.05) is 18.5 Å². The van der Waals surface area contributed by atoms with Crippen molar-refractivity contribution in [2.24, 2.45) is 5.41 Å². The molecule has 8 heteroatoms. The maximum atomic E-state index is 12.2. The summed E-state index contributed by atoms with van der Waals surface area (Å²) in [6, 6.07) is 5.20. The molecule has 0 amide bonds. The van der Waals surface area contributed by atoms with Crippen LogP contribution in [0.25, 0.3) is 5.69 Å². The van der Waals surface area contributed by atoms with E-state index in [0.717, 1.165) is 36.2 Å². The lowest BCUT2D eigenvalue weighted by Crippen LogP contribution is -2.37. The van der Waals surface area contributed by atoms with E-state index in [0.29, 0.717) is 10.7 Å². The number of anilines is 1. The van der Waals surface area contributed by atoms with Crippen molar-refractivity contribution in [3.8, 4) is 5.69 Å². The van der Waals surface area contributed by atoms with E-state index in [1.165, 1.54) is 12.6 Å². The minimum atomic E-state index is -0.498. The Labute approximate surface area is 160 Å². The van der Waals surface area contributed by atoms with Crippen molar-refractivity contribution in [1.29, 1.82) is 0 Å². The van der Waals surface area contributed by atoms with Crippen LogP contribution in [-0.2, 0) is 0 Å². The van der Waals surface area contributed by atoms with Crippen molar-refractivity contribution in [3.05, 3.63) is 49.8 Å². The zero-order valence-electron chi connectivity index (χ0n) is 13.4. The van der Waals surface area contributed by atoms with Gasteiger partial charge in [0, 0.05) is 13.2 Å². The quantitative estimate of drug-likeness (QED) is 0.761. The molecule has 2 N–H and O–H groups in total. The number of nitrogens with one attached hydrogen (secondary N) is 1. The summed E-state index contributed by atoms with van der Waals surface area (Å²) in [6.07, 6.45) is 5.52. The summed E-state index contributed by atoms with van der Waals surface area (Å²) in [4.78, 5) is 12.2. The van der Waals surface area contributed by atoms with E-state index >= 15 is 0 Å². The molecule has 0 spiro atoms. The molecule has 1 heterocycles. The molecule has 134 valence electrons. The molecule has 0 unspecified atom stereocenters. The van der Waals surface area contributed by atoms with E-state index in [2.05, 4.69) is 10.4 Å². The fraction of sp³-hybridized carbons (Fsp3) is 0.412. The first-order valence-electron chi connectivity index (χ1n) is 8.04. The second-order valence-electron chi connectivity index (χ2n) is 6.37. The molecule has 1 aliphatic carbocycles. The predicted molar refractivity (Wildman–Crippen MR) is 101 cm³/mol. The second-order valence-corrected chi connectivity index (χ2v) is 7.56. The molecule has 25 heavy (non-hydrogen) atoms. The first-order valence-corrected chi connectivity index (χ1v) is 9.17. The topological polar surface area (TPSA) is 67.2 Å². The number of benzene rings is 1. The summed E-state index contributed by atoms with van der Waals surface area (Å²) in [5.41, 5.74) is 0.941. The highest BCUT2D eigenvalue weighted by Crippen LogP contribution is 2.44. The second kappa shape index (κ2) is 7.54. The lowest BCUT2D eigenvalue weighted by Gasteiger charge is -2.42. The molecular weight excluding hydrogens is 385 g/mol. The number of hydrogen-bond donors (Lipinski definition) is 2. The van der Waals surface area contributed by atoms with Crippen LogP contribution in [0.5, 0.6) is 0 Å². The maximum absolute atomic E-state index is 12.2. The number of aromatic nitrogens is 2. The Morgan fingerprint density at radius 2 is 2.00 bits per heavy atom. The largest absolute Gasteiger partial charge is 0.396 e. The van der Waals surface area contributed by atoms with Crippen molar-refractivity contribution in [1.82, 2.24) is 9.78 Å². The van der Waals surface area contributed by atoms with Gasteiger partial charge in [-0.3, -0.25) is 4.79 Å². The third kappa shape index (κ3) is 3.80. The van der Waals surface area contributed by atoms with E-state index < -0.39 is 5.56 Å². The standard InChI is InChI=1S/C17H18Cl3N3O2/c18-12-8-11(23-16(25)15(20)13(19)9-22-23)2-3-14(12)21-10-17(6-7-24)4-1-5-17/h2-3,8-9,21,24H,1,4-7,10H2. The molecule has 1 aromatic heterocycles. The molecule has 3 rings (SSSR count). The molecule has 0 radical (unpaired) electrons. The Bertz CT molecular complexity index is 834. The van der Waals surface area contributed by atoms with Crippen LogP contribution in [0.15, 0.2) is 29.2 Å². The number of aliphatic hydroxyl groups is 1.